The van der Waals surface area contributed by atoms with Gasteiger partial charge in [-0.15, -0.1) is 13.2 Å². The topological polar surface area (TPSA) is 113 Å². The minimum Gasteiger partial charge on any atom is -1.00 e. The molecular weight excluding hydrogens is 1240 g/mol. The summed E-state index contributed by atoms with van der Waals surface area (Å²) in [5.41, 5.74) is 0. The molecule has 5 rings (SSSR count). The molecule has 0 amide bonds. The summed E-state index contributed by atoms with van der Waals surface area (Å²) in [5.74, 6) is 0.296. The second-order valence-corrected chi connectivity index (χ2v) is 21.0. The number of cyclic esters (lactones) is 1. The van der Waals surface area contributed by atoms with Crippen LogP contribution in [-0.2, 0) is 19.1 Å². The molecule has 0 radical (unpaired) electrons. The van der Waals surface area contributed by atoms with Gasteiger partial charge in [-0.25, -0.2) is 0 Å². The molecule has 81 heavy (non-hydrogen) atoms. The number of carbonyl (C=O) groups excluding carboxylic acids is 2. The number of halogens is 3. The van der Waals surface area contributed by atoms with Crippen LogP contribution in [0, 0.1) is 6.58 Å². The summed E-state index contributed by atoms with van der Waals surface area (Å²) >= 11 is 3.22. The first-order valence-electron chi connectivity index (χ1n) is 27.0. The number of aliphatic hydroxyl groups excluding tert-OH is 3. The Morgan fingerprint density at radius 1 is 0.642 bits per heavy atom. The molecule has 12 heteroatoms. The molecule has 0 aliphatic carbocycles. The Morgan fingerprint density at radius 3 is 1.38 bits per heavy atom. The number of benzene rings is 3. The van der Waals surface area contributed by atoms with E-state index in [9.17, 15) is 14.7 Å². The van der Waals surface area contributed by atoms with E-state index in [4.69, 9.17) is 19.7 Å². The number of alkyl halides is 1. The number of rotatable bonds is 24. The van der Waals surface area contributed by atoms with Crippen LogP contribution in [0.4, 0.5) is 0 Å². The molecule has 2 saturated heterocycles. The molecule has 0 aromatic heterocycles. The zero-order chi connectivity index (χ0) is 58.9. The Hall–Kier alpha value is -4.10. The predicted octanol–water partition coefficient (Wildman–Crippen LogP) is 9.67. The average Bonchev–Trinajstić information content (AvgIpc) is 4.14. The average molecular weight is 1330 g/mol. The van der Waals surface area contributed by atoms with Gasteiger partial charge in [0.25, 0.3) is 0 Å². The number of ketones is 1. The maximum atomic E-state index is 10.8. The summed E-state index contributed by atoms with van der Waals surface area (Å²) in [6.45, 7) is 36.0. The quantitative estimate of drug-likeness (QED) is 0.0156. The van der Waals surface area contributed by atoms with E-state index in [0.717, 1.165) is 69.3 Å². The summed E-state index contributed by atoms with van der Waals surface area (Å²) in [6.07, 6.45) is 44.2. The Balaban J connectivity index is -0.000000214. The van der Waals surface area contributed by atoms with Crippen LogP contribution >= 0.6 is 23.2 Å². The van der Waals surface area contributed by atoms with Gasteiger partial charge in [-0.05, 0) is 93.8 Å². The molecule has 2 aliphatic heterocycles. The minimum atomic E-state index is -1.72. The van der Waals surface area contributed by atoms with Gasteiger partial charge in [0.1, 0.15) is 35.1 Å². The normalized spacial score (nSPS) is 15.1. The third-order valence-corrected chi connectivity index (χ3v) is 15.8. The molecule has 0 saturated carbocycles. The SMILES string of the molecule is C=C/C=C/C=CCCC(=O)CC.C=C/C=C/C=CCCC(O)CC.C=C/C=C/CBr.C=C/C=C/C[P+](c1ccccc1)(c1ccccc1)c1ccccc1.C=CC(O)C=C.CCC1CCC(=O)O1.CCC1CCC(O)O1.[Br-].[Br-].[CH-]=C.[Mg+2]. The molecule has 0 spiro atoms. The van der Waals surface area contributed by atoms with Gasteiger partial charge >= 0.3 is 29.0 Å². The van der Waals surface area contributed by atoms with Crippen LogP contribution in [0.15, 0.2) is 246 Å². The van der Waals surface area contributed by atoms with Crippen LogP contribution in [0.3, 0.4) is 0 Å². The fraction of sp³-hybridized carbons (Fsp3) is 0.333. The number of esters is 1. The molecule has 2 heterocycles. The van der Waals surface area contributed by atoms with Gasteiger partial charge < -0.3 is 65.3 Å². The van der Waals surface area contributed by atoms with E-state index in [1.165, 1.54) is 28.1 Å². The van der Waals surface area contributed by atoms with Gasteiger partial charge in [-0.2, -0.15) is 0 Å². The van der Waals surface area contributed by atoms with Crippen molar-refractivity contribution in [1.82, 2.24) is 0 Å². The summed E-state index contributed by atoms with van der Waals surface area (Å²) < 4.78 is 9.94. The van der Waals surface area contributed by atoms with E-state index >= 15 is 0 Å². The number of hydrogen-bond donors (Lipinski definition) is 3. The minimum absolute atomic E-state index is 0. The fourth-order valence-corrected chi connectivity index (χ4v) is 11.0. The molecule has 3 aromatic rings. The van der Waals surface area contributed by atoms with E-state index in [1.54, 1.807) is 18.2 Å². The van der Waals surface area contributed by atoms with Gasteiger partial charge in [0.05, 0.1) is 24.5 Å². The zero-order valence-corrected chi connectivity index (χ0v) is 56.2. The molecule has 7 nitrogen and oxygen atoms in total. The van der Waals surface area contributed by atoms with Crippen molar-refractivity contribution in [2.24, 2.45) is 0 Å². The Bertz CT molecular complexity index is 2070. The molecule has 2 aliphatic rings. The molecule has 442 valence electrons. The van der Waals surface area contributed by atoms with Crippen LogP contribution in [0.5, 0.6) is 0 Å². The standard InChI is InChI=1S/C23H22P.C11H18O.C11H16O.C6H12O2.C6H10O2.C5H7Br.C5H8O.C2H3.2BrH.Mg/c1-2-3-13-20-24(21-14-7-4-8-15-21,22-16-9-5-10-17-22)23-18-11-6-12-19-23;2*1-3-5-6-7-8-9-10-11(12)4-2;2*1-2-5-3-4-6(7)8-5;1-2-3-4-5-6;1-3-5(6)4-2;1-2;;;/h2-19H,1,20H2;3,5-8,11-12H,1,4,9-10H2,2H3;3,5-8H,1,4,9-10H2,2H3;5-7H,2-4H2,1H3;5H,2-4H2,1H3;2-4H,1,5H2;3-6H,1-2H2;1H,2H2;2*1H;/q+1;;;;;;;-1;;;+2/p-2/b13-3+;2*6-5+,8-7?;;;4-3+;;;;;. The van der Waals surface area contributed by atoms with Crippen LogP contribution in [0.2, 0.25) is 0 Å². The summed E-state index contributed by atoms with van der Waals surface area (Å²) in [5, 5.41) is 31.6. The smallest absolute Gasteiger partial charge is 1.00 e. The monoisotopic (exact) mass is 1330 g/mol. The van der Waals surface area contributed by atoms with Gasteiger partial charge in [0, 0.05) is 31.0 Å². The number of carbonyl (C=O) groups is 2. The Labute approximate surface area is 537 Å². The summed E-state index contributed by atoms with van der Waals surface area (Å²) in [6, 6.07) is 32.8. The molecule has 3 aromatic carbocycles. The molecule has 0 bridgehead atoms. The first-order valence-corrected chi connectivity index (χ1v) is 30.1. The van der Waals surface area contributed by atoms with Crippen molar-refractivity contribution in [3.63, 3.8) is 0 Å². The van der Waals surface area contributed by atoms with Gasteiger partial charge in [-0.1, -0.05) is 228 Å². The van der Waals surface area contributed by atoms with E-state index in [1.807, 2.05) is 81.5 Å². The van der Waals surface area contributed by atoms with Crippen molar-refractivity contribution >= 4 is 73.9 Å². The van der Waals surface area contributed by atoms with E-state index < -0.39 is 19.7 Å². The Morgan fingerprint density at radius 2 is 1.09 bits per heavy atom. The zero-order valence-electron chi connectivity index (χ0n) is 49.1. The maximum Gasteiger partial charge on any atom is 2.00 e. The van der Waals surface area contributed by atoms with Gasteiger partial charge in [0.15, 0.2) is 6.29 Å². The molecule has 2 fully saturated rings. The van der Waals surface area contributed by atoms with Gasteiger partial charge in [-0.3, -0.25) is 16.2 Å². The second kappa shape index (κ2) is 65.1. The maximum absolute atomic E-state index is 10.8. The summed E-state index contributed by atoms with van der Waals surface area (Å²) in [7, 11) is -1.72. The van der Waals surface area contributed by atoms with E-state index in [2.05, 4.69) is 185 Å². The predicted molar refractivity (Wildman–Crippen MR) is 351 cm³/mol. The summed E-state index contributed by atoms with van der Waals surface area (Å²) in [4.78, 5) is 21.2. The van der Waals surface area contributed by atoms with E-state index in [0.29, 0.717) is 31.1 Å². The first-order chi connectivity index (χ1) is 37.9. The number of allylic oxidation sites excluding steroid dienone is 16. The molecule has 4 unspecified atom stereocenters. The number of hydrogen-bond acceptors (Lipinski definition) is 7. The molecule has 3 N–H and O–H groups in total. The van der Waals surface area contributed by atoms with Crippen LogP contribution in [0.25, 0.3) is 0 Å². The van der Waals surface area contributed by atoms with Crippen LogP contribution < -0.4 is 49.9 Å². The number of ether oxygens (including phenoxy) is 2. The third kappa shape index (κ3) is 48.0. The van der Waals surface area contributed by atoms with Crippen molar-refractivity contribution in [3.05, 3.63) is 253 Å². The third-order valence-electron chi connectivity index (χ3n) is 11.2. The molecular formula is C69H96Br3MgO7P. The van der Waals surface area contributed by atoms with Crippen molar-refractivity contribution in [3.8, 4) is 0 Å². The van der Waals surface area contributed by atoms with Crippen molar-refractivity contribution in [2.75, 3.05) is 11.5 Å². The number of aliphatic hydroxyl groups is 3. The molecule has 4 atom stereocenters. The van der Waals surface area contributed by atoms with Crippen LogP contribution in [-0.4, -0.2) is 92.3 Å². The van der Waals surface area contributed by atoms with Crippen molar-refractivity contribution < 1.29 is 68.3 Å². The second-order valence-electron chi connectivity index (χ2n) is 16.9. The van der Waals surface area contributed by atoms with Gasteiger partial charge in [0.2, 0.25) is 0 Å². The van der Waals surface area contributed by atoms with Crippen molar-refractivity contribution in [2.45, 2.75) is 135 Å². The van der Waals surface area contributed by atoms with Crippen molar-refractivity contribution in [1.29, 1.82) is 0 Å². The fourth-order valence-electron chi connectivity index (χ4n) is 6.78. The Kier molecular flexibility index (Phi) is 70.8. The first kappa shape index (κ1) is 88.1. The number of Topliss-reactive ketones (excluding diaryl/α,β-unsaturated/α-hetero) is 1. The van der Waals surface area contributed by atoms with E-state index in [-0.39, 0.29) is 75.2 Å². The van der Waals surface area contributed by atoms with Crippen LogP contribution in [0.1, 0.15) is 105 Å². The largest absolute Gasteiger partial charge is 2.00 e.